The van der Waals surface area contributed by atoms with E-state index in [1.165, 1.54) is 0 Å². The molecule has 0 heterocycles. The Labute approximate surface area is 74.9 Å². The Morgan fingerprint density at radius 3 is 2.09 bits per heavy atom. The fourth-order valence-corrected chi connectivity index (χ4v) is 1.18. The lowest BCUT2D eigenvalue weighted by atomic mass is 10.5. The van der Waals surface area contributed by atoms with Crippen molar-refractivity contribution in [3.05, 3.63) is 0 Å². The van der Waals surface area contributed by atoms with Gasteiger partial charge in [0.2, 0.25) is 0 Å². The van der Waals surface area contributed by atoms with Crippen molar-refractivity contribution < 1.29 is 0 Å². The van der Waals surface area contributed by atoms with E-state index in [1.807, 2.05) is 11.8 Å². The minimum Gasteiger partial charge on any atom is -0.308 e. The van der Waals surface area contributed by atoms with Gasteiger partial charge in [-0.3, -0.25) is 4.90 Å². The molecule has 0 fully saturated rings. The zero-order valence-corrected chi connectivity index (χ0v) is 9.11. The summed E-state index contributed by atoms with van der Waals surface area (Å²) in [4.78, 5) is 4.58. The first-order chi connectivity index (χ1) is 5.07. The van der Waals surface area contributed by atoms with E-state index in [4.69, 9.17) is 0 Å². The molecule has 0 aromatic carbocycles. The number of thioether (sulfide) groups is 1. The second-order valence-corrected chi connectivity index (χ2v) is 4.27. The first-order valence-electron chi connectivity index (χ1n) is 3.95. The van der Waals surface area contributed by atoms with Crippen molar-refractivity contribution in [2.45, 2.75) is 12.3 Å². The molecule has 3 heteroatoms. The fraction of sp³-hybridized carbons (Fsp3) is 1.00. The number of hydrogen-bond donors (Lipinski definition) is 0. The van der Waals surface area contributed by atoms with Gasteiger partial charge in [-0.25, -0.2) is 0 Å². The van der Waals surface area contributed by atoms with E-state index in [9.17, 15) is 0 Å². The topological polar surface area (TPSA) is 6.48 Å². The van der Waals surface area contributed by atoms with Crippen LogP contribution in [0.1, 0.15) is 6.92 Å². The number of likely N-dealkylation sites (N-methyl/N-ethyl adjacent to an activating group) is 2. The van der Waals surface area contributed by atoms with E-state index < -0.39 is 0 Å². The van der Waals surface area contributed by atoms with Crippen LogP contribution in [0, 0.1) is 0 Å². The van der Waals surface area contributed by atoms with Gasteiger partial charge in [0.25, 0.3) is 0 Å². The Morgan fingerprint density at radius 2 is 1.73 bits per heavy atom. The molecule has 0 aromatic rings. The predicted octanol–water partition coefficient (Wildman–Crippen LogP) is 1.19. The Kier molecular flexibility index (Phi) is 6.01. The molecule has 68 valence electrons. The van der Waals surface area contributed by atoms with Gasteiger partial charge in [-0.1, -0.05) is 0 Å². The maximum absolute atomic E-state index is 2.37. The molecule has 0 rings (SSSR count). The molecular formula is C8H20N2S. The van der Waals surface area contributed by atoms with Crippen LogP contribution in [0.15, 0.2) is 0 Å². The lowest BCUT2D eigenvalue weighted by molar-refractivity contribution is 0.277. The van der Waals surface area contributed by atoms with Gasteiger partial charge in [0.15, 0.2) is 0 Å². The van der Waals surface area contributed by atoms with Crippen LogP contribution in [0.25, 0.3) is 0 Å². The Morgan fingerprint density at radius 1 is 1.18 bits per heavy atom. The summed E-state index contributed by atoms with van der Waals surface area (Å²) in [7, 11) is 6.39. The van der Waals surface area contributed by atoms with Crippen molar-refractivity contribution in [1.82, 2.24) is 9.80 Å². The Bertz CT molecular complexity index is 96.1. The second-order valence-electron chi connectivity index (χ2n) is 3.12. The molecule has 11 heavy (non-hydrogen) atoms. The van der Waals surface area contributed by atoms with Gasteiger partial charge in [0, 0.05) is 13.1 Å². The zero-order valence-electron chi connectivity index (χ0n) is 8.29. The normalized spacial score (nSPS) is 14.5. The summed E-state index contributed by atoms with van der Waals surface area (Å²) < 4.78 is 0. The van der Waals surface area contributed by atoms with Gasteiger partial charge in [-0.15, -0.1) is 11.8 Å². The van der Waals surface area contributed by atoms with Gasteiger partial charge in [-0.2, -0.15) is 0 Å². The summed E-state index contributed by atoms with van der Waals surface area (Å²) in [5, 5.41) is 0.634. The molecule has 2 nitrogen and oxygen atoms in total. The van der Waals surface area contributed by atoms with Crippen LogP contribution >= 0.6 is 11.8 Å². The quantitative estimate of drug-likeness (QED) is 0.581. The lowest BCUT2D eigenvalue weighted by Gasteiger charge is -2.24. The molecule has 0 saturated carbocycles. The smallest absolute Gasteiger partial charge is 0.0523 e. The van der Waals surface area contributed by atoms with E-state index in [2.05, 4.69) is 44.1 Å². The third-order valence-electron chi connectivity index (χ3n) is 1.86. The molecule has 0 spiro atoms. The fourth-order valence-electron chi connectivity index (χ4n) is 0.719. The average Bonchev–Trinajstić information content (AvgIpc) is 1.98. The SMILES string of the molecule is CSC(C)N(C)CCN(C)C. The first-order valence-corrected chi connectivity index (χ1v) is 5.24. The molecule has 0 amide bonds. The molecule has 0 bridgehead atoms. The van der Waals surface area contributed by atoms with E-state index in [0.29, 0.717) is 5.37 Å². The molecule has 0 aromatic heterocycles. The lowest BCUT2D eigenvalue weighted by Crippen LogP contribution is -2.33. The van der Waals surface area contributed by atoms with E-state index >= 15 is 0 Å². The summed E-state index contributed by atoms with van der Waals surface area (Å²) in [6.07, 6.45) is 2.15. The Hall–Kier alpha value is 0.270. The van der Waals surface area contributed by atoms with Crippen LogP contribution in [0.2, 0.25) is 0 Å². The molecule has 0 N–H and O–H groups in total. The average molecular weight is 176 g/mol. The van der Waals surface area contributed by atoms with E-state index in [0.717, 1.165) is 13.1 Å². The highest BCUT2D eigenvalue weighted by Gasteiger charge is 2.05. The summed E-state index contributed by atoms with van der Waals surface area (Å²) >= 11 is 1.89. The predicted molar refractivity (Wildman–Crippen MR) is 54.2 cm³/mol. The van der Waals surface area contributed by atoms with E-state index in [-0.39, 0.29) is 0 Å². The van der Waals surface area contributed by atoms with Gasteiger partial charge in [0.1, 0.15) is 0 Å². The number of rotatable bonds is 5. The van der Waals surface area contributed by atoms with Crippen molar-refractivity contribution in [3.8, 4) is 0 Å². The molecular weight excluding hydrogens is 156 g/mol. The number of nitrogens with zero attached hydrogens (tertiary/aromatic N) is 2. The highest BCUT2D eigenvalue weighted by atomic mass is 32.2. The highest BCUT2D eigenvalue weighted by molar-refractivity contribution is 7.99. The first kappa shape index (κ1) is 11.3. The molecule has 0 aliphatic carbocycles. The third-order valence-corrected chi connectivity index (χ3v) is 2.90. The van der Waals surface area contributed by atoms with E-state index in [1.54, 1.807) is 0 Å². The van der Waals surface area contributed by atoms with Crippen molar-refractivity contribution in [1.29, 1.82) is 0 Å². The zero-order chi connectivity index (χ0) is 8.85. The number of hydrogen-bond acceptors (Lipinski definition) is 3. The molecule has 0 aliphatic heterocycles. The standard InChI is InChI=1S/C8H20N2S/c1-8(11-5)10(4)7-6-9(2)3/h8H,6-7H2,1-5H3. The third kappa shape index (κ3) is 5.53. The van der Waals surface area contributed by atoms with Crippen LogP contribution in [0.3, 0.4) is 0 Å². The van der Waals surface area contributed by atoms with Gasteiger partial charge >= 0.3 is 0 Å². The van der Waals surface area contributed by atoms with Crippen LogP contribution in [-0.4, -0.2) is 55.7 Å². The minimum absolute atomic E-state index is 0.634. The van der Waals surface area contributed by atoms with Crippen LogP contribution in [-0.2, 0) is 0 Å². The van der Waals surface area contributed by atoms with Crippen molar-refractivity contribution in [2.24, 2.45) is 0 Å². The summed E-state index contributed by atoms with van der Waals surface area (Å²) in [6.45, 7) is 4.52. The van der Waals surface area contributed by atoms with Crippen LogP contribution in [0.5, 0.6) is 0 Å². The molecule has 1 unspecified atom stereocenters. The second kappa shape index (κ2) is 5.86. The maximum atomic E-state index is 2.37. The highest BCUT2D eigenvalue weighted by Crippen LogP contribution is 2.08. The van der Waals surface area contributed by atoms with Gasteiger partial charge < -0.3 is 4.90 Å². The molecule has 0 saturated heterocycles. The molecule has 0 radical (unpaired) electrons. The Balaban J connectivity index is 3.43. The molecule has 1 atom stereocenters. The summed E-state index contributed by atoms with van der Waals surface area (Å²) in [5.41, 5.74) is 0. The summed E-state index contributed by atoms with van der Waals surface area (Å²) in [5.74, 6) is 0. The van der Waals surface area contributed by atoms with Crippen molar-refractivity contribution in [2.75, 3.05) is 40.5 Å². The van der Waals surface area contributed by atoms with Crippen molar-refractivity contribution in [3.63, 3.8) is 0 Å². The molecule has 0 aliphatic rings. The van der Waals surface area contributed by atoms with Gasteiger partial charge in [-0.05, 0) is 34.3 Å². The monoisotopic (exact) mass is 176 g/mol. The largest absolute Gasteiger partial charge is 0.308 e. The summed E-state index contributed by atoms with van der Waals surface area (Å²) in [6, 6.07) is 0. The van der Waals surface area contributed by atoms with Crippen LogP contribution in [0.4, 0.5) is 0 Å². The van der Waals surface area contributed by atoms with Crippen LogP contribution < -0.4 is 0 Å². The minimum atomic E-state index is 0.634. The van der Waals surface area contributed by atoms with Gasteiger partial charge in [0.05, 0.1) is 5.37 Å². The maximum Gasteiger partial charge on any atom is 0.0523 e. The van der Waals surface area contributed by atoms with Crippen molar-refractivity contribution >= 4 is 11.8 Å².